The van der Waals surface area contributed by atoms with Crippen molar-refractivity contribution in [1.29, 1.82) is 0 Å². The maximum Gasteiger partial charge on any atom is 0.330 e. The van der Waals surface area contributed by atoms with Crippen molar-refractivity contribution in [2.45, 2.75) is 6.92 Å². The summed E-state index contributed by atoms with van der Waals surface area (Å²) in [6.45, 7) is 2.10. The summed E-state index contributed by atoms with van der Waals surface area (Å²) >= 11 is 0. The summed E-state index contributed by atoms with van der Waals surface area (Å²) in [6.07, 6.45) is 3.05. The highest BCUT2D eigenvalue weighted by atomic mass is 19.1. The molecule has 2 aromatic rings. The molecule has 0 aromatic heterocycles. The molecule has 0 aliphatic heterocycles. The molecule has 114 valence electrons. The Balaban J connectivity index is 2.34. The number of methoxy groups -OCH3 is 1. The SMILES string of the molecule is CCOC(=O)/C=C\c1ccc(OC)c(-c2ccc(F)cc2)c1. The average molecular weight is 300 g/mol. The molecular weight excluding hydrogens is 283 g/mol. The van der Waals surface area contributed by atoms with Crippen LogP contribution < -0.4 is 4.74 Å². The lowest BCUT2D eigenvalue weighted by Crippen LogP contribution is -1.98. The molecule has 0 saturated heterocycles. The summed E-state index contributed by atoms with van der Waals surface area (Å²) in [6, 6.07) is 11.7. The highest BCUT2D eigenvalue weighted by molar-refractivity contribution is 5.87. The predicted octanol–water partition coefficient (Wildman–Crippen LogP) is 4.08. The third-order valence-corrected chi connectivity index (χ3v) is 3.08. The van der Waals surface area contributed by atoms with Crippen LogP contribution in [-0.2, 0) is 9.53 Å². The van der Waals surface area contributed by atoms with Gasteiger partial charge in [-0.05, 0) is 48.4 Å². The lowest BCUT2D eigenvalue weighted by molar-refractivity contribution is -0.137. The number of hydrogen-bond acceptors (Lipinski definition) is 3. The average Bonchev–Trinajstić information content (AvgIpc) is 2.54. The summed E-state index contributed by atoms with van der Waals surface area (Å²) in [7, 11) is 1.58. The first-order valence-corrected chi connectivity index (χ1v) is 6.93. The topological polar surface area (TPSA) is 35.5 Å². The van der Waals surface area contributed by atoms with Crippen molar-refractivity contribution in [2.75, 3.05) is 13.7 Å². The van der Waals surface area contributed by atoms with Crippen LogP contribution in [0.4, 0.5) is 4.39 Å². The van der Waals surface area contributed by atoms with Crippen molar-refractivity contribution >= 4 is 12.0 Å². The highest BCUT2D eigenvalue weighted by Gasteiger charge is 2.07. The Hall–Kier alpha value is -2.62. The van der Waals surface area contributed by atoms with E-state index in [1.165, 1.54) is 18.2 Å². The second-order valence-electron chi connectivity index (χ2n) is 4.55. The van der Waals surface area contributed by atoms with E-state index < -0.39 is 0 Å². The number of benzene rings is 2. The van der Waals surface area contributed by atoms with Gasteiger partial charge in [-0.2, -0.15) is 0 Å². The summed E-state index contributed by atoms with van der Waals surface area (Å²) in [5, 5.41) is 0. The van der Waals surface area contributed by atoms with Crippen molar-refractivity contribution in [2.24, 2.45) is 0 Å². The van der Waals surface area contributed by atoms with Gasteiger partial charge in [0.2, 0.25) is 0 Å². The molecule has 2 rings (SSSR count). The Labute approximate surface area is 129 Å². The van der Waals surface area contributed by atoms with E-state index in [-0.39, 0.29) is 11.8 Å². The van der Waals surface area contributed by atoms with Gasteiger partial charge in [0.1, 0.15) is 11.6 Å². The van der Waals surface area contributed by atoms with Crippen LogP contribution >= 0.6 is 0 Å². The standard InChI is InChI=1S/C18H17FO3/c1-3-22-18(20)11-5-13-4-10-17(21-2)16(12-13)14-6-8-15(19)9-7-14/h4-12H,3H2,1-2H3/b11-5-. The fourth-order valence-corrected chi connectivity index (χ4v) is 2.04. The van der Waals surface area contributed by atoms with Crippen molar-refractivity contribution in [1.82, 2.24) is 0 Å². The van der Waals surface area contributed by atoms with Crippen LogP contribution in [0.2, 0.25) is 0 Å². The Morgan fingerprint density at radius 2 is 1.91 bits per heavy atom. The maximum atomic E-state index is 13.1. The fourth-order valence-electron chi connectivity index (χ4n) is 2.04. The molecule has 0 heterocycles. The number of carbonyl (C=O) groups is 1. The second kappa shape index (κ2) is 7.41. The molecule has 0 fully saturated rings. The molecule has 0 unspecified atom stereocenters. The van der Waals surface area contributed by atoms with Gasteiger partial charge in [-0.3, -0.25) is 0 Å². The van der Waals surface area contributed by atoms with E-state index in [1.54, 1.807) is 32.2 Å². The first-order chi connectivity index (χ1) is 10.6. The molecule has 3 nitrogen and oxygen atoms in total. The van der Waals surface area contributed by atoms with Gasteiger partial charge < -0.3 is 9.47 Å². The van der Waals surface area contributed by atoms with E-state index >= 15 is 0 Å². The minimum atomic E-state index is -0.387. The minimum Gasteiger partial charge on any atom is -0.496 e. The monoisotopic (exact) mass is 300 g/mol. The van der Waals surface area contributed by atoms with Crippen molar-refractivity contribution in [3.8, 4) is 16.9 Å². The summed E-state index contributed by atoms with van der Waals surface area (Å²) < 4.78 is 23.2. The molecule has 0 saturated carbocycles. The minimum absolute atomic E-state index is 0.291. The normalized spacial score (nSPS) is 10.7. The van der Waals surface area contributed by atoms with Gasteiger partial charge in [0.05, 0.1) is 13.7 Å². The van der Waals surface area contributed by atoms with Gasteiger partial charge >= 0.3 is 5.97 Å². The summed E-state index contributed by atoms with van der Waals surface area (Å²) in [5.74, 6) is 0.00243. The van der Waals surface area contributed by atoms with Crippen LogP contribution in [-0.4, -0.2) is 19.7 Å². The quantitative estimate of drug-likeness (QED) is 0.616. The Morgan fingerprint density at radius 1 is 1.18 bits per heavy atom. The molecule has 0 N–H and O–H groups in total. The summed E-state index contributed by atoms with van der Waals surface area (Å²) in [4.78, 5) is 11.4. The van der Waals surface area contributed by atoms with Crippen molar-refractivity contribution < 1.29 is 18.7 Å². The zero-order chi connectivity index (χ0) is 15.9. The first-order valence-electron chi connectivity index (χ1n) is 6.93. The molecule has 0 bridgehead atoms. The predicted molar refractivity (Wildman–Crippen MR) is 84.1 cm³/mol. The zero-order valence-corrected chi connectivity index (χ0v) is 12.5. The second-order valence-corrected chi connectivity index (χ2v) is 4.55. The van der Waals surface area contributed by atoms with Gasteiger partial charge in [-0.25, -0.2) is 9.18 Å². The Morgan fingerprint density at radius 3 is 2.55 bits per heavy atom. The van der Waals surface area contributed by atoms with Crippen molar-refractivity contribution in [3.63, 3.8) is 0 Å². The largest absolute Gasteiger partial charge is 0.496 e. The Bertz CT molecular complexity index is 675. The number of rotatable bonds is 5. The molecule has 2 aromatic carbocycles. The first kappa shape index (κ1) is 15.8. The van der Waals surface area contributed by atoms with Crippen LogP contribution in [0.3, 0.4) is 0 Å². The Kier molecular flexibility index (Phi) is 5.31. The lowest BCUT2D eigenvalue weighted by atomic mass is 10.0. The molecule has 4 heteroatoms. The van der Waals surface area contributed by atoms with Crippen LogP contribution in [0.5, 0.6) is 5.75 Å². The fraction of sp³-hybridized carbons (Fsp3) is 0.167. The zero-order valence-electron chi connectivity index (χ0n) is 12.5. The van der Waals surface area contributed by atoms with Gasteiger partial charge in [-0.15, -0.1) is 0 Å². The van der Waals surface area contributed by atoms with Gasteiger partial charge in [0.15, 0.2) is 0 Å². The number of carbonyl (C=O) groups excluding carboxylic acids is 1. The van der Waals surface area contributed by atoms with E-state index in [0.717, 1.165) is 16.7 Å². The van der Waals surface area contributed by atoms with E-state index in [4.69, 9.17) is 9.47 Å². The number of ether oxygens (including phenoxy) is 2. The van der Waals surface area contributed by atoms with Crippen LogP contribution in [0.15, 0.2) is 48.5 Å². The number of hydrogen-bond donors (Lipinski definition) is 0. The third kappa shape index (κ3) is 3.95. The van der Waals surface area contributed by atoms with Crippen LogP contribution in [0, 0.1) is 5.82 Å². The molecule has 0 aliphatic carbocycles. The molecule has 0 aliphatic rings. The number of esters is 1. The summed E-state index contributed by atoms with van der Waals surface area (Å²) in [5.41, 5.74) is 2.49. The maximum absolute atomic E-state index is 13.1. The molecule has 0 amide bonds. The van der Waals surface area contributed by atoms with E-state index in [0.29, 0.717) is 12.4 Å². The molecule has 22 heavy (non-hydrogen) atoms. The number of halogens is 1. The highest BCUT2D eigenvalue weighted by Crippen LogP contribution is 2.31. The molecule has 0 radical (unpaired) electrons. The molecule has 0 spiro atoms. The van der Waals surface area contributed by atoms with Gasteiger partial charge in [-0.1, -0.05) is 18.2 Å². The van der Waals surface area contributed by atoms with Crippen molar-refractivity contribution in [3.05, 3.63) is 59.9 Å². The van der Waals surface area contributed by atoms with Crippen LogP contribution in [0.1, 0.15) is 12.5 Å². The van der Waals surface area contributed by atoms with Crippen LogP contribution in [0.25, 0.3) is 17.2 Å². The lowest BCUT2D eigenvalue weighted by Gasteiger charge is -2.10. The third-order valence-electron chi connectivity index (χ3n) is 3.08. The van der Waals surface area contributed by atoms with Gasteiger partial charge in [0, 0.05) is 11.6 Å². The van der Waals surface area contributed by atoms with E-state index in [2.05, 4.69) is 0 Å². The smallest absolute Gasteiger partial charge is 0.330 e. The molecular formula is C18H17FO3. The van der Waals surface area contributed by atoms with E-state index in [9.17, 15) is 9.18 Å². The van der Waals surface area contributed by atoms with Gasteiger partial charge in [0.25, 0.3) is 0 Å². The molecule has 0 atom stereocenters. The van der Waals surface area contributed by atoms with E-state index in [1.807, 2.05) is 18.2 Å².